The third kappa shape index (κ3) is 5.09. The molecule has 0 spiro atoms. The number of amides is 1. The number of nitrogens with two attached hydrogens (primary N) is 1. The number of hydrogen-bond acceptors (Lipinski definition) is 6. The van der Waals surface area contributed by atoms with E-state index in [1.807, 2.05) is 48.3 Å². The van der Waals surface area contributed by atoms with Crippen LogP contribution in [0.3, 0.4) is 0 Å². The van der Waals surface area contributed by atoms with Crippen LogP contribution in [-0.4, -0.2) is 38.8 Å². The number of hydrogen-bond donors (Lipinski definition) is 2. The molecule has 8 nitrogen and oxygen atoms in total. The van der Waals surface area contributed by atoms with E-state index in [0.29, 0.717) is 34.6 Å². The maximum atomic E-state index is 13.2. The minimum Gasteiger partial charge on any atom is -0.364 e. The average molecular weight is 507 g/mol. The van der Waals surface area contributed by atoms with Crippen molar-refractivity contribution in [2.75, 3.05) is 16.8 Å². The van der Waals surface area contributed by atoms with Gasteiger partial charge in [-0.15, -0.1) is 0 Å². The molecule has 0 unspecified atom stereocenters. The highest BCUT2D eigenvalue weighted by molar-refractivity contribution is 6.34. The van der Waals surface area contributed by atoms with Gasteiger partial charge in [-0.05, 0) is 68.2 Å². The number of anilines is 3. The number of benzene rings is 1. The summed E-state index contributed by atoms with van der Waals surface area (Å²) >= 11 is 6.50. The number of halogens is 1. The summed E-state index contributed by atoms with van der Waals surface area (Å²) in [6.07, 6.45) is 10.1. The van der Waals surface area contributed by atoms with E-state index in [1.54, 1.807) is 6.20 Å². The van der Waals surface area contributed by atoms with Gasteiger partial charge in [-0.2, -0.15) is 0 Å². The molecule has 1 aliphatic carbocycles. The third-order valence-corrected chi connectivity index (χ3v) is 7.63. The summed E-state index contributed by atoms with van der Waals surface area (Å²) in [4.78, 5) is 36.4. The predicted molar refractivity (Wildman–Crippen MR) is 141 cm³/mol. The second-order valence-electron chi connectivity index (χ2n) is 9.96. The Morgan fingerprint density at radius 3 is 2.69 bits per heavy atom. The zero-order chi connectivity index (χ0) is 25.4. The van der Waals surface area contributed by atoms with Crippen LogP contribution in [0, 0.1) is 5.92 Å². The van der Waals surface area contributed by atoms with E-state index < -0.39 is 5.91 Å². The Balaban J connectivity index is 1.34. The van der Waals surface area contributed by atoms with E-state index in [0.717, 1.165) is 25.1 Å². The largest absolute Gasteiger partial charge is 0.364 e. The van der Waals surface area contributed by atoms with Crippen molar-refractivity contribution in [3.8, 4) is 0 Å². The molecule has 5 rings (SSSR count). The molecule has 3 heterocycles. The lowest BCUT2D eigenvalue weighted by atomic mass is 9.85. The van der Waals surface area contributed by atoms with Crippen molar-refractivity contribution in [3.63, 3.8) is 0 Å². The molecule has 0 bridgehead atoms. The lowest BCUT2D eigenvalue weighted by Gasteiger charge is -2.40. The fraction of sp³-hybridized carbons (Fsp3) is 0.407. The normalized spacial score (nSPS) is 19.8. The van der Waals surface area contributed by atoms with E-state index in [1.165, 1.54) is 18.4 Å². The Hall–Kier alpha value is -3.39. The van der Waals surface area contributed by atoms with Crippen molar-refractivity contribution in [1.82, 2.24) is 14.5 Å². The van der Waals surface area contributed by atoms with Crippen molar-refractivity contribution >= 4 is 40.6 Å². The summed E-state index contributed by atoms with van der Waals surface area (Å²) in [5, 5.41) is 3.72. The third-order valence-electron chi connectivity index (χ3n) is 7.32. The van der Waals surface area contributed by atoms with Gasteiger partial charge in [-0.1, -0.05) is 17.7 Å². The van der Waals surface area contributed by atoms with Crippen LogP contribution in [0.5, 0.6) is 0 Å². The van der Waals surface area contributed by atoms with Gasteiger partial charge in [-0.3, -0.25) is 9.59 Å². The molecule has 9 heteroatoms. The topological polar surface area (TPSA) is 106 Å². The zero-order valence-electron chi connectivity index (χ0n) is 20.6. The molecule has 188 valence electrons. The molecular formula is C27H31ClN6O2. The van der Waals surface area contributed by atoms with Crippen LogP contribution in [0.15, 0.2) is 42.9 Å². The number of aryl methyl sites for hydroxylation is 1. The van der Waals surface area contributed by atoms with E-state index in [-0.39, 0.29) is 23.4 Å². The predicted octanol–water partition coefficient (Wildman–Crippen LogP) is 5.07. The summed E-state index contributed by atoms with van der Waals surface area (Å²) in [6, 6.07) is 7.83. The summed E-state index contributed by atoms with van der Waals surface area (Å²) in [7, 11) is 1.91. The van der Waals surface area contributed by atoms with E-state index >= 15 is 0 Å². The first-order valence-electron chi connectivity index (χ1n) is 12.4. The number of ketones is 1. The number of nitrogens with one attached hydrogen (secondary N) is 1. The van der Waals surface area contributed by atoms with Gasteiger partial charge in [0, 0.05) is 44.0 Å². The average Bonchev–Trinajstić information content (AvgIpc) is 3.62. The number of rotatable bonds is 8. The fourth-order valence-electron chi connectivity index (χ4n) is 5.09. The van der Waals surface area contributed by atoms with Gasteiger partial charge in [0.1, 0.15) is 5.82 Å². The molecule has 0 radical (unpaired) electrons. The smallest absolute Gasteiger partial charge is 0.271 e. The molecule has 3 aromatic rings. The van der Waals surface area contributed by atoms with Gasteiger partial charge in [0.25, 0.3) is 5.91 Å². The van der Waals surface area contributed by atoms with Crippen molar-refractivity contribution in [2.24, 2.45) is 18.7 Å². The fourth-order valence-corrected chi connectivity index (χ4v) is 5.39. The van der Waals surface area contributed by atoms with Crippen LogP contribution in [0.4, 0.5) is 17.3 Å². The summed E-state index contributed by atoms with van der Waals surface area (Å²) in [5.74, 6) is 1.14. The molecule has 3 N–H and O–H groups in total. The van der Waals surface area contributed by atoms with Crippen molar-refractivity contribution in [1.29, 1.82) is 0 Å². The van der Waals surface area contributed by atoms with Crippen molar-refractivity contribution in [3.05, 3.63) is 64.7 Å². The molecule has 1 saturated heterocycles. The number of nitrogens with zero attached hydrogens (tertiary/aromatic N) is 4. The number of Topliss-reactive ketones (excluding diaryl/α,β-unsaturated/α-hetero) is 1. The van der Waals surface area contributed by atoms with E-state index in [2.05, 4.69) is 22.1 Å². The summed E-state index contributed by atoms with van der Waals surface area (Å²) in [5.41, 5.74) is 8.25. The van der Waals surface area contributed by atoms with E-state index in [9.17, 15) is 9.59 Å². The molecule has 1 aliphatic heterocycles. The summed E-state index contributed by atoms with van der Waals surface area (Å²) < 4.78 is 1.89. The maximum Gasteiger partial charge on any atom is 0.271 e. The van der Waals surface area contributed by atoms with Gasteiger partial charge in [0.15, 0.2) is 17.3 Å². The minimum absolute atomic E-state index is 0.0607. The molecule has 1 aromatic carbocycles. The van der Waals surface area contributed by atoms with Crippen LogP contribution in [0.1, 0.15) is 71.4 Å². The molecule has 1 saturated carbocycles. The first-order chi connectivity index (χ1) is 17.3. The van der Waals surface area contributed by atoms with E-state index in [4.69, 9.17) is 22.3 Å². The molecule has 2 fully saturated rings. The number of carbonyl (C=O) groups is 2. The van der Waals surface area contributed by atoms with Gasteiger partial charge >= 0.3 is 0 Å². The van der Waals surface area contributed by atoms with Crippen molar-refractivity contribution < 1.29 is 9.59 Å². The van der Waals surface area contributed by atoms with Gasteiger partial charge in [0.05, 0.1) is 16.9 Å². The van der Waals surface area contributed by atoms with Crippen molar-refractivity contribution in [2.45, 2.75) is 51.0 Å². The number of piperidine rings is 1. The zero-order valence-corrected chi connectivity index (χ0v) is 21.3. The van der Waals surface area contributed by atoms with Gasteiger partial charge < -0.3 is 20.5 Å². The second kappa shape index (κ2) is 9.93. The van der Waals surface area contributed by atoms with Crippen LogP contribution < -0.4 is 16.0 Å². The second-order valence-corrected chi connectivity index (χ2v) is 10.4. The van der Waals surface area contributed by atoms with Gasteiger partial charge in [-0.25, -0.2) is 9.97 Å². The molecule has 2 atom stereocenters. The Labute approximate surface area is 215 Å². The SMILES string of the molecule is C[C@@H]1[C@H](CC(=O)c2ccc(C3CC3)cc2Cl)CCCN1c1cnc(C(N)=O)c(Nc2ccn(C)c2)n1. The molecule has 2 aliphatic rings. The first kappa shape index (κ1) is 24.3. The van der Waals surface area contributed by atoms with Crippen LogP contribution in [0.2, 0.25) is 5.02 Å². The van der Waals surface area contributed by atoms with Crippen LogP contribution in [0.25, 0.3) is 0 Å². The van der Waals surface area contributed by atoms with Crippen LogP contribution >= 0.6 is 11.6 Å². The van der Waals surface area contributed by atoms with Crippen LogP contribution in [-0.2, 0) is 7.05 Å². The standard InChI is InChI=1S/C27H31ClN6O2/c1-16-18(13-23(35)21-8-7-19(12-22(21)28)17-5-6-17)4-3-10-34(16)24-14-30-25(26(29)36)27(32-24)31-20-9-11-33(2)15-20/h7-9,11-12,14-18H,3-6,10,13H2,1-2H3,(H2,29,36)(H,31,32)/t16-,18+/m1/s1. The minimum atomic E-state index is -0.646. The quantitative estimate of drug-likeness (QED) is 0.413. The Kier molecular flexibility index (Phi) is 6.71. The molecule has 36 heavy (non-hydrogen) atoms. The summed E-state index contributed by atoms with van der Waals surface area (Å²) in [6.45, 7) is 2.90. The number of carbonyl (C=O) groups excluding carboxylic acids is 2. The molecular weight excluding hydrogens is 476 g/mol. The maximum absolute atomic E-state index is 13.2. The highest BCUT2D eigenvalue weighted by Crippen LogP contribution is 2.41. The molecule has 1 amide bonds. The monoisotopic (exact) mass is 506 g/mol. The number of aromatic nitrogens is 3. The lowest BCUT2D eigenvalue weighted by molar-refractivity contribution is 0.0945. The highest BCUT2D eigenvalue weighted by atomic mass is 35.5. The Morgan fingerprint density at radius 2 is 2.03 bits per heavy atom. The Bertz CT molecular complexity index is 1300. The Morgan fingerprint density at radius 1 is 1.22 bits per heavy atom. The molecule has 2 aromatic heterocycles. The van der Waals surface area contributed by atoms with Gasteiger partial charge in [0.2, 0.25) is 0 Å². The number of primary amides is 1. The first-order valence-corrected chi connectivity index (χ1v) is 12.8. The lowest BCUT2D eigenvalue weighted by Crippen LogP contribution is -2.44. The highest BCUT2D eigenvalue weighted by Gasteiger charge is 2.32.